The molecule has 0 spiro atoms. The van der Waals surface area contributed by atoms with Crippen LogP contribution in [0.5, 0.6) is 0 Å². The molecule has 1 fully saturated rings. The minimum absolute atomic E-state index is 0.0388. The number of aliphatic imine (C=N–C) groups is 1. The predicted molar refractivity (Wildman–Crippen MR) is 128 cm³/mol. The third kappa shape index (κ3) is 8.15. The standard InChI is InChI=1S/C24H41N5O2/c1-5-20(6-2)22(29-13-15-31-16-14-29)18-28-24(26-8-4)27-17-19-9-11-21(12-10-19)23(30)25-7-3/h9-12,20,22H,5-8,13-18H2,1-4H3,(H,25,30)(H2,26,27,28). The first-order valence-corrected chi connectivity index (χ1v) is 11.8. The minimum atomic E-state index is -0.0388. The van der Waals surface area contributed by atoms with Crippen molar-refractivity contribution in [3.05, 3.63) is 35.4 Å². The zero-order valence-electron chi connectivity index (χ0n) is 19.7. The van der Waals surface area contributed by atoms with Crippen LogP contribution in [0, 0.1) is 5.92 Å². The third-order valence-electron chi connectivity index (χ3n) is 5.90. The molecule has 7 heteroatoms. The molecule has 1 saturated heterocycles. The summed E-state index contributed by atoms with van der Waals surface area (Å²) in [7, 11) is 0. The molecular formula is C24H41N5O2. The fourth-order valence-electron chi connectivity index (χ4n) is 4.07. The van der Waals surface area contributed by atoms with Crippen LogP contribution in [0.3, 0.4) is 0 Å². The number of carbonyl (C=O) groups excluding carboxylic acids is 1. The van der Waals surface area contributed by atoms with Crippen molar-refractivity contribution in [2.45, 2.75) is 53.1 Å². The Morgan fingerprint density at radius 1 is 1.00 bits per heavy atom. The van der Waals surface area contributed by atoms with Crippen molar-refractivity contribution in [2.24, 2.45) is 10.9 Å². The second kappa shape index (κ2) is 14.0. The van der Waals surface area contributed by atoms with Crippen LogP contribution in [-0.4, -0.2) is 68.7 Å². The van der Waals surface area contributed by atoms with E-state index in [1.54, 1.807) is 0 Å². The summed E-state index contributed by atoms with van der Waals surface area (Å²) in [5.74, 6) is 1.44. The lowest BCUT2D eigenvalue weighted by molar-refractivity contribution is 0.00272. The van der Waals surface area contributed by atoms with Gasteiger partial charge in [0.25, 0.3) is 5.91 Å². The van der Waals surface area contributed by atoms with Gasteiger partial charge in [0.15, 0.2) is 5.96 Å². The molecule has 174 valence electrons. The van der Waals surface area contributed by atoms with E-state index in [4.69, 9.17) is 9.73 Å². The van der Waals surface area contributed by atoms with E-state index in [1.807, 2.05) is 31.2 Å². The summed E-state index contributed by atoms with van der Waals surface area (Å²) in [5, 5.41) is 9.76. The highest BCUT2D eigenvalue weighted by Gasteiger charge is 2.27. The average molecular weight is 432 g/mol. The molecule has 0 aliphatic carbocycles. The van der Waals surface area contributed by atoms with Gasteiger partial charge in [0.2, 0.25) is 0 Å². The average Bonchev–Trinajstić information content (AvgIpc) is 2.81. The van der Waals surface area contributed by atoms with Gasteiger partial charge in [0.1, 0.15) is 0 Å². The first-order valence-electron chi connectivity index (χ1n) is 11.8. The van der Waals surface area contributed by atoms with Crippen LogP contribution < -0.4 is 16.0 Å². The van der Waals surface area contributed by atoms with Gasteiger partial charge >= 0.3 is 0 Å². The van der Waals surface area contributed by atoms with E-state index in [0.717, 1.165) is 50.9 Å². The fourth-order valence-corrected chi connectivity index (χ4v) is 4.07. The van der Waals surface area contributed by atoms with Crippen LogP contribution >= 0.6 is 0 Å². The molecule has 31 heavy (non-hydrogen) atoms. The fraction of sp³-hybridized carbons (Fsp3) is 0.667. The van der Waals surface area contributed by atoms with Gasteiger partial charge in [-0.05, 0) is 37.5 Å². The first-order chi connectivity index (χ1) is 15.1. The molecule has 1 aromatic rings. The van der Waals surface area contributed by atoms with Crippen molar-refractivity contribution in [3.63, 3.8) is 0 Å². The van der Waals surface area contributed by atoms with Crippen LogP contribution in [0.2, 0.25) is 0 Å². The van der Waals surface area contributed by atoms with Gasteiger partial charge in [-0.2, -0.15) is 0 Å². The number of carbonyl (C=O) groups is 1. The molecule has 1 aliphatic rings. The second-order valence-electron chi connectivity index (χ2n) is 7.92. The molecule has 1 aliphatic heterocycles. The summed E-state index contributed by atoms with van der Waals surface area (Å²) < 4.78 is 5.56. The van der Waals surface area contributed by atoms with Gasteiger partial charge in [-0.3, -0.25) is 9.69 Å². The number of ether oxygens (including phenoxy) is 1. The predicted octanol–water partition coefficient (Wildman–Crippen LogP) is 2.63. The highest BCUT2D eigenvalue weighted by molar-refractivity contribution is 5.94. The first kappa shape index (κ1) is 25.1. The molecule has 1 unspecified atom stereocenters. The number of rotatable bonds is 11. The lowest BCUT2D eigenvalue weighted by Gasteiger charge is -2.39. The van der Waals surface area contributed by atoms with Crippen molar-refractivity contribution in [2.75, 3.05) is 45.9 Å². The molecule has 1 aromatic carbocycles. The van der Waals surface area contributed by atoms with Gasteiger partial charge in [0, 0.05) is 44.3 Å². The molecule has 3 N–H and O–H groups in total. The number of guanidine groups is 1. The Labute approximate surface area is 188 Å². The lowest BCUT2D eigenvalue weighted by atomic mass is 9.92. The van der Waals surface area contributed by atoms with Gasteiger partial charge in [-0.25, -0.2) is 4.99 Å². The largest absolute Gasteiger partial charge is 0.379 e. The lowest BCUT2D eigenvalue weighted by Crippen LogP contribution is -2.53. The summed E-state index contributed by atoms with van der Waals surface area (Å²) in [6.45, 7) is 15.1. The maximum atomic E-state index is 11.9. The van der Waals surface area contributed by atoms with E-state index in [9.17, 15) is 4.79 Å². The Kier molecular flexibility index (Phi) is 11.4. The molecule has 0 saturated carbocycles. The molecule has 0 bridgehead atoms. The Hall–Kier alpha value is -2.12. The SMILES string of the molecule is CCNC(=O)c1ccc(CN=C(NCC)NCC(C(CC)CC)N2CCOCC2)cc1. The molecule has 7 nitrogen and oxygen atoms in total. The van der Waals surface area contributed by atoms with E-state index in [-0.39, 0.29) is 5.91 Å². The summed E-state index contributed by atoms with van der Waals surface area (Å²) in [6, 6.07) is 8.13. The number of amides is 1. The second-order valence-corrected chi connectivity index (χ2v) is 7.92. The zero-order chi connectivity index (χ0) is 22.5. The van der Waals surface area contributed by atoms with Gasteiger partial charge in [-0.1, -0.05) is 38.8 Å². The number of benzene rings is 1. The van der Waals surface area contributed by atoms with E-state index < -0.39 is 0 Å². The Morgan fingerprint density at radius 2 is 1.65 bits per heavy atom. The van der Waals surface area contributed by atoms with Crippen LogP contribution in [0.1, 0.15) is 56.5 Å². The van der Waals surface area contributed by atoms with Crippen LogP contribution in [0.25, 0.3) is 0 Å². The van der Waals surface area contributed by atoms with Crippen molar-refractivity contribution in [1.29, 1.82) is 0 Å². The Bertz CT molecular complexity index is 667. The van der Waals surface area contributed by atoms with Gasteiger partial charge in [0.05, 0.1) is 19.8 Å². The van der Waals surface area contributed by atoms with Crippen molar-refractivity contribution in [3.8, 4) is 0 Å². The van der Waals surface area contributed by atoms with Crippen LogP contribution in [-0.2, 0) is 11.3 Å². The minimum Gasteiger partial charge on any atom is -0.379 e. The van der Waals surface area contributed by atoms with Crippen molar-refractivity contribution in [1.82, 2.24) is 20.9 Å². The Morgan fingerprint density at radius 3 is 2.23 bits per heavy atom. The number of nitrogens with zero attached hydrogens (tertiary/aromatic N) is 2. The van der Waals surface area contributed by atoms with E-state index in [0.29, 0.717) is 30.6 Å². The van der Waals surface area contributed by atoms with E-state index in [2.05, 4.69) is 41.6 Å². The summed E-state index contributed by atoms with van der Waals surface area (Å²) in [5.41, 5.74) is 1.76. The molecule has 1 atom stereocenters. The molecule has 2 rings (SSSR count). The molecule has 0 aromatic heterocycles. The number of nitrogens with one attached hydrogen (secondary N) is 3. The molecule has 1 amide bonds. The van der Waals surface area contributed by atoms with Gasteiger partial charge < -0.3 is 20.7 Å². The molecular weight excluding hydrogens is 390 g/mol. The highest BCUT2D eigenvalue weighted by Crippen LogP contribution is 2.19. The van der Waals surface area contributed by atoms with E-state index in [1.165, 1.54) is 12.8 Å². The topological polar surface area (TPSA) is 78.0 Å². The molecule has 0 radical (unpaired) electrons. The van der Waals surface area contributed by atoms with Crippen molar-refractivity contribution < 1.29 is 9.53 Å². The smallest absolute Gasteiger partial charge is 0.251 e. The van der Waals surface area contributed by atoms with Gasteiger partial charge in [-0.15, -0.1) is 0 Å². The number of morpholine rings is 1. The summed E-state index contributed by atoms with van der Waals surface area (Å²) in [6.07, 6.45) is 2.34. The number of hydrogen-bond donors (Lipinski definition) is 3. The quantitative estimate of drug-likeness (QED) is 0.371. The normalized spacial score (nSPS) is 16.2. The van der Waals surface area contributed by atoms with Crippen molar-refractivity contribution >= 4 is 11.9 Å². The molecule has 1 heterocycles. The summed E-state index contributed by atoms with van der Waals surface area (Å²) >= 11 is 0. The Balaban J connectivity index is 2.00. The van der Waals surface area contributed by atoms with Crippen LogP contribution in [0.15, 0.2) is 29.3 Å². The maximum absolute atomic E-state index is 11.9. The monoisotopic (exact) mass is 431 g/mol. The summed E-state index contributed by atoms with van der Waals surface area (Å²) in [4.78, 5) is 19.3. The third-order valence-corrected chi connectivity index (χ3v) is 5.90. The maximum Gasteiger partial charge on any atom is 0.251 e. The highest BCUT2D eigenvalue weighted by atomic mass is 16.5. The number of hydrogen-bond acceptors (Lipinski definition) is 4. The zero-order valence-corrected chi connectivity index (χ0v) is 19.7. The van der Waals surface area contributed by atoms with Crippen LogP contribution in [0.4, 0.5) is 0 Å². The van der Waals surface area contributed by atoms with E-state index >= 15 is 0 Å².